The molecule has 0 aliphatic carbocycles. The number of hydrogen-bond acceptors (Lipinski definition) is 7. The maximum atomic E-state index is 4.64. The van der Waals surface area contributed by atoms with Gasteiger partial charge < -0.3 is 10.2 Å². The summed E-state index contributed by atoms with van der Waals surface area (Å²) in [5.41, 5.74) is 1.03. The number of nitrogens with zero attached hydrogens (tertiary/aromatic N) is 5. The molecule has 3 rings (SSSR count). The molecule has 1 saturated heterocycles. The van der Waals surface area contributed by atoms with Gasteiger partial charge in [-0.15, -0.1) is 0 Å². The van der Waals surface area contributed by atoms with E-state index in [9.17, 15) is 0 Å². The molecular formula is C17H26N6S. The van der Waals surface area contributed by atoms with Crippen LogP contribution in [-0.2, 0) is 5.41 Å². The van der Waals surface area contributed by atoms with Crippen molar-refractivity contribution in [3.05, 3.63) is 23.4 Å². The van der Waals surface area contributed by atoms with E-state index in [2.05, 4.69) is 56.4 Å². The molecule has 2 aromatic heterocycles. The predicted octanol–water partition coefficient (Wildman–Crippen LogP) is 3.32. The molecule has 3 heterocycles. The van der Waals surface area contributed by atoms with E-state index in [0.717, 1.165) is 54.2 Å². The standard InChI is InChI=1S/C17H26N6S/c1-11-10-14(19-12(2)18-11)23-8-6-13(7-9-23)20-16-21-15(22-24-16)17(3,4)5/h10,13H,6-9H2,1-5H3,(H,20,21,22). The Bertz CT molecular complexity index is 677. The van der Waals surface area contributed by atoms with Gasteiger partial charge in [-0.2, -0.15) is 4.37 Å². The SMILES string of the molecule is Cc1cc(N2CCC(Nc3nc(C(C)(C)C)ns3)CC2)nc(C)n1. The summed E-state index contributed by atoms with van der Waals surface area (Å²) in [6.45, 7) is 12.4. The van der Waals surface area contributed by atoms with Crippen molar-refractivity contribution in [1.82, 2.24) is 19.3 Å². The molecule has 0 aromatic carbocycles. The molecule has 0 radical (unpaired) electrons. The van der Waals surface area contributed by atoms with Gasteiger partial charge in [0.1, 0.15) is 17.5 Å². The van der Waals surface area contributed by atoms with Crippen molar-refractivity contribution in [3.8, 4) is 0 Å². The van der Waals surface area contributed by atoms with Crippen molar-refractivity contribution in [2.45, 2.75) is 58.9 Å². The molecule has 1 aliphatic heterocycles. The number of piperidine rings is 1. The maximum absolute atomic E-state index is 4.64. The Morgan fingerprint density at radius 2 is 1.83 bits per heavy atom. The largest absolute Gasteiger partial charge is 0.357 e. The average molecular weight is 347 g/mol. The Hall–Kier alpha value is -1.76. The molecule has 0 amide bonds. The Balaban J connectivity index is 1.58. The highest BCUT2D eigenvalue weighted by molar-refractivity contribution is 7.09. The molecule has 0 bridgehead atoms. The van der Waals surface area contributed by atoms with Gasteiger partial charge in [-0.25, -0.2) is 15.0 Å². The van der Waals surface area contributed by atoms with Gasteiger partial charge in [0.2, 0.25) is 5.13 Å². The molecule has 7 heteroatoms. The van der Waals surface area contributed by atoms with Gasteiger partial charge in [0.15, 0.2) is 0 Å². The third-order valence-corrected chi connectivity index (χ3v) is 4.84. The van der Waals surface area contributed by atoms with E-state index >= 15 is 0 Å². The van der Waals surface area contributed by atoms with E-state index in [1.54, 1.807) is 0 Å². The highest BCUT2D eigenvalue weighted by Gasteiger charge is 2.23. The molecule has 130 valence electrons. The molecule has 0 saturated carbocycles. The van der Waals surface area contributed by atoms with Crippen LogP contribution in [0.5, 0.6) is 0 Å². The molecule has 1 fully saturated rings. The number of anilines is 2. The van der Waals surface area contributed by atoms with E-state index in [4.69, 9.17) is 0 Å². The van der Waals surface area contributed by atoms with Crippen molar-refractivity contribution in [2.24, 2.45) is 0 Å². The summed E-state index contributed by atoms with van der Waals surface area (Å²) < 4.78 is 4.48. The van der Waals surface area contributed by atoms with Gasteiger partial charge in [0.05, 0.1) is 0 Å². The van der Waals surface area contributed by atoms with Crippen LogP contribution in [0.15, 0.2) is 6.07 Å². The number of aryl methyl sites for hydroxylation is 2. The fraction of sp³-hybridized carbons (Fsp3) is 0.647. The van der Waals surface area contributed by atoms with E-state index in [1.165, 1.54) is 11.5 Å². The van der Waals surface area contributed by atoms with E-state index in [1.807, 2.05) is 13.8 Å². The molecule has 0 spiro atoms. The Kier molecular flexibility index (Phi) is 4.71. The minimum Gasteiger partial charge on any atom is -0.357 e. The lowest BCUT2D eigenvalue weighted by Gasteiger charge is -2.33. The minimum atomic E-state index is 0.00251. The van der Waals surface area contributed by atoms with Crippen LogP contribution in [0, 0.1) is 13.8 Å². The number of aromatic nitrogens is 4. The number of nitrogens with one attached hydrogen (secondary N) is 1. The first-order valence-corrected chi connectivity index (χ1v) is 9.26. The quantitative estimate of drug-likeness (QED) is 0.919. The average Bonchev–Trinajstić information content (AvgIpc) is 2.96. The third-order valence-electron chi connectivity index (χ3n) is 4.20. The first kappa shape index (κ1) is 17.1. The van der Waals surface area contributed by atoms with Gasteiger partial charge in [-0.05, 0) is 26.7 Å². The van der Waals surface area contributed by atoms with Crippen LogP contribution in [0.2, 0.25) is 0 Å². The Labute approximate surface area is 147 Å². The smallest absolute Gasteiger partial charge is 0.202 e. The second-order valence-electron chi connectivity index (χ2n) is 7.49. The van der Waals surface area contributed by atoms with Crippen LogP contribution >= 0.6 is 11.5 Å². The Morgan fingerprint density at radius 3 is 2.42 bits per heavy atom. The summed E-state index contributed by atoms with van der Waals surface area (Å²) in [7, 11) is 0. The molecule has 1 aliphatic rings. The van der Waals surface area contributed by atoms with Gasteiger partial charge in [0, 0.05) is 47.8 Å². The summed E-state index contributed by atoms with van der Waals surface area (Å²) in [6.07, 6.45) is 2.15. The van der Waals surface area contributed by atoms with E-state index in [-0.39, 0.29) is 5.41 Å². The van der Waals surface area contributed by atoms with Crippen LogP contribution in [0.4, 0.5) is 10.9 Å². The number of hydrogen-bond donors (Lipinski definition) is 1. The van der Waals surface area contributed by atoms with Crippen LogP contribution in [-0.4, -0.2) is 38.5 Å². The molecule has 6 nitrogen and oxygen atoms in total. The van der Waals surface area contributed by atoms with Crippen molar-refractivity contribution >= 4 is 22.5 Å². The molecule has 2 aromatic rings. The summed E-state index contributed by atoms with van der Waals surface area (Å²) in [5, 5.41) is 4.49. The second kappa shape index (κ2) is 6.63. The molecule has 0 unspecified atom stereocenters. The van der Waals surface area contributed by atoms with Crippen molar-refractivity contribution < 1.29 is 0 Å². The van der Waals surface area contributed by atoms with Gasteiger partial charge >= 0.3 is 0 Å². The third kappa shape index (κ3) is 4.01. The Morgan fingerprint density at radius 1 is 1.12 bits per heavy atom. The van der Waals surface area contributed by atoms with Crippen LogP contribution in [0.1, 0.15) is 51.0 Å². The summed E-state index contributed by atoms with van der Waals surface area (Å²) in [4.78, 5) is 15.9. The topological polar surface area (TPSA) is 66.8 Å². The lowest BCUT2D eigenvalue weighted by atomic mass is 9.96. The first-order valence-electron chi connectivity index (χ1n) is 8.49. The second-order valence-corrected chi connectivity index (χ2v) is 8.25. The summed E-state index contributed by atoms with van der Waals surface area (Å²) in [5.74, 6) is 2.80. The van der Waals surface area contributed by atoms with Gasteiger partial charge in [0.25, 0.3) is 0 Å². The number of rotatable bonds is 3. The molecule has 24 heavy (non-hydrogen) atoms. The zero-order chi connectivity index (χ0) is 17.3. The summed E-state index contributed by atoms with van der Waals surface area (Å²) >= 11 is 1.46. The van der Waals surface area contributed by atoms with E-state index in [0.29, 0.717) is 6.04 Å². The fourth-order valence-electron chi connectivity index (χ4n) is 2.87. The van der Waals surface area contributed by atoms with Crippen LogP contribution in [0.25, 0.3) is 0 Å². The minimum absolute atomic E-state index is 0.00251. The molecule has 1 N–H and O–H groups in total. The fourth-order valence-corrected chi connectivity index (χ4v) is 3.71. The maximum Gasteiger partial charge on any atom is 0.202 e. The summed E-state index contributed by atoms with van der Waals surface area (Å²) in [6, 6.07) is 2.52. The van der Waals surface area contributed by atoms with Crippen molar-refractivity contribution in [2.75, 3.05) is 23.3 Å². The van der Waals surface area contributed by atoms with Crippen molar-refractivity contribution in [3.63, 3.8) is 0 Å². The highest BCUT2D eigenvalue weighted by atomic mass is 32.1. The van der Waals surface area contributed by atoms with E-state index < -0.39 is 0 Å². The zero-order valence-electron chi connectivity index (χ0n) is 15.1. The van der Waals surface area contributed by atoms with Gasteiger partial charge in [-0.3, -0.25) is 0 Å². The zero-order valence-corrected chi connectivity index (χ0v) is 15.9. The lowest BCUT2D eigenvalue weighted by Crippen LogP contribution is -2.39. The molecular weight excluding hydrogens is 320 g/mol. The monoisotopic (exact) mass is 346 g/mol. The normalized spacial score (nSPS) is 16.5. The van der Waals surface area contributed by atoms with Crippen LogP contribution in [0.3, 0.4) is 0 Å². The first-order chi connectivity index (χ1) is 11.3. The van der Waals surface area contributed by atoms with Crippen LogP contribution < -0.4 is 10.2 Å². The molecule has 0 atom stereocenters. The highest BCUT2D eigenvalue weighted by Crippen LogP contribution is 2.25. The predicted molar refractivity (Wildman–Crippen MR) is 99.0 cm³/mol. The lowest BCUT2D eigenvalue weighted by molar-refractivity contribution is 0.521. The van der Waals surface area contributed by atoms with Gasteiger partial charge in [-0.1, -0.05) is 20.8 Å². The van der Waals surface area contributed by atoms with Crippen molar-refractivity contribution in [1.29, 1.82) is 0 Å².